The average molecular weight is 377 g/mol. The summed E-state index contributed by atoms with van der Waals surface area (Å²) in [5.41, 5.74) is 0.465. The van der Waals surface area contributed by atoms with Gasteiger partial charge in [0.15, 0.2) is 0 Å². The van der Waals surface area contributed by atoms with Crippen LogP contribution in [0.15, 0.2) is 61.2 Å². The van der Waals surface area contributed by atoms with Crippen LogP contribution < -0.4 is 5.32 Å². The fourth-order valence-corrected chi connectivity index (χ4v) is 3.28. The summed E-state index contributed by atoms with van der Waals surface area (Å²) in [6, 6.07) is 15.1. The Morgan fingerprint density at radius 3 is 2.60 bits per heavy atom. The summed E-state index contributed by atoms with van der Waals surface area (Å²) in [4.78, 5) is 3.93. The molecule has 7 heteroatoms. The topological polar surface area (TPSA) is 63.0 Å². The summed E-state index contributed by atoms with van der Waals surface area (Å²) < 4.78 is 1.58. The van der Waals surface area contributed by atoms with Gasteiger partial charge in [0, 0.05) is 28.7 Å². The van der Waals surface area contributed by atoms with Gasteiger partial charge < -0.3 is 10.4 Å². The number of hydrogen-bond acceptors (Lipinski definition) is 4. The van der Waals surface area contributed by atoms with E-state index in [1.54, 1.807) is 29.2 Å². The van der Waals surface area contributed by atoms with Gasteiger partial charge in [-0.05, 0) is 17.7 Å². The van der Waals surface area contributed by atoms with Crippen LogP contribution in [0.1, 0.15) is 11.1 Å². The standard InChI is InChI=1S/C18H18Cl2N4O/c19-15-6-7-16(17(20)8-15)18(25,11-24-13-22-12-23-24)10-21-9-14-4-2-1-3-5-14/h1-8,12-13,21,25H,9-11H2. The zero-order valence-corrected chi connectivity index (χ0v) is 15.0. The average Bonchev–Trinajstić information content (AvgIpc) is 3.08. The van der Waals surface area contributed by atoms with Gasteiger partial charge in [0.05, 0.1) is 6.54 Å². The summed E-state index contributed by atoms with van der Waals surface area (Å²) in [6.07, 6.45) is 2.99. The minimum atomic E-state index is -1.26. The molecule has 1 unspecified atom stereocenters. The molecule has 0 saturated heterocycles. The summed E-state index contributed by atoms with van der Waals surface area (Å²) in [5.74, 6) is 0. The van der Waals surface area contributed by atoms with Crippen molar-refractivity contribution in [2.24, 2.45) is 0 Å². The van der Waals surface area contributed by atoms with Crippen molar-refractivity contribution in [1.82, 2.24) is 20.1 Å². The second kappa shape index (κ2) is 7.97. The van der Waals surface area contributed by atoms with E-state index in [9.17, 15) is 5.11 Å². The number of rotatable bonds is 7. The molecule has 1 aromatic heterocycles. The molecule has 0 saturated carbocycles. The minimum absolute atomic E-state index is 0.218. The highest BCUT2D eigenvalue weighted by atomic mass is 35.5. The Labute approximate surface area is 156 Å². The number of aliphatic hydroxyl groups is 1. The molecule has 0 aliphatic heterocycles. The highest BCUT2D eigenvalue weighted by Gasteiger charge is 2.32. The van der Waals surface area contributed by atoms with Crippen LogP contribution in [-0.4, -0.2) is 26.4 Å². The predicted octanol–water partition coefficient (Wildman–Crippen LogP) is 3.26. The first-order valence-corrected chi connectivity index (χ1v) is 8.57. The molecule has 3 aromatic rings. The number of benzene rings is 2. The van der Waals surface area contributed by atoms with E-state index in [0.29, 0.717) is 28.7 Å². The van der Waals surface area contributed by atoms with Crippen LogP contribution in [-0.2, 0) is 18.7 Å². The van der Waals surface area contributed by atoms with Crippen molar-refractivity contribution >= 4 is 23.2 Å². The van der Waals surface area contributed by atoms with Gasteiger partial charge in [0.2, 0.25) is 0 Å². The first-order valence-electron chi connectivity index (χ1n) is 7.82. The van der Waals surface area contributed by atoms with Gasteiger partial charge in [-0.1, -0.05) is 59.6 Å². The Bertz CT molecular complexity index is 811. The van der Waals surface area contributed by atoms with Crippen LogP contribution in [0.5, 0.6) is 0 Å². The van der Waals surface area contributed by atoms with E-state index in [1.807, 2.05) is 30.3 Å². The molecular weight excluding hydrogens is 359 g/mol. The molecule has 2 aromatic carbocycles. The van der Waals surface area contributed by atoms with E-state index in [0.717, 1.165) is 5.56 Å². The van der Waals surface area contributed by atoms with Crippen LogP contribution in [0.25, 0.3) is 0 Å². The Balaban J connectivity index is 1.81. The van der Waals surface area contributed by atoms with Crippen molar-refractivity contribution in [2.75, 3.05) is 6.54 Å². The largest absolute Gasteiger partial charge is 0.382 e. The van der Waals surface area contributed by atoms with Crippen molar-refractivity contribution < 1.29 is 5.11 Å². The lowest BCUT2D eigenvalue weighted by Gasteiger charge is -2.30. The van der Waals surface area contributed by atoms with Gasteiger partial charge in [0.1, 0.15) is 18.3 Å². The minimum Gasteiger partial charge on any atom is -0.382 e. The van der Waals surface area contributed by atoms with Crippen molar-refractivity contribution in [3.05, 3.63) is 82.4 Å². The summed E-state index contributed by atoms with van der Waals surface area (Å²) >= 11 is 12.3. The third-order valence-corrected chi connectivity index (χ3v) is 4.46. The number of hydrogen-bond donors (Lipinski definition) is 2. The number of nitrogens with one attached hydrogen (secondary N) is 1. The van der Waals surface area contributed by atoms with E-state index in [4.69, 9.17) is 23.2 Å². The third kappa shape index (κ3) is 4.58. The van der Waals surface area contributed by atoms with Crippen molar-refractivity contribution in [2.45, 2.75) is 18.7 Å². The number of nitrogens with zero attached hydrogens (tertiary/aromatic N) is 3. The second-order valence-corrected chi connectivity index (χ2v) is 6.68. The normalized spacial score (nSPS) is 13.6. The first-order chi connectivity index (χ1) is 12.1. The molecule has 3 rings (SSSR count). The molecule has 0 amide bonds. The molecule has 5 nitrogen and oxygen atoms in total. The summed E-state index contributed by atoms with van der Waals surface area (Å²) in [5, 5.41) is 19.6. The van der Waals surface area contributed by atoms with E-state index in [-0.39, 0.29) is 6.54 Å². The van der Waals surface area contributed by atoms with E-state index >= 15 is 0 Å². The molecule has 0 bridgehead atoms. The van der Waals surface area contributed by atoms with Gasteiger partial charge >= 0.3 is 0 Å². The fraction of sp³-hybridized carbons (Fsp3) is 0.222. The van der Waals surface area contributed by atoms with Crippen molar-refractivity contribution in [3.8, 4) is 0 Å². The highest BCUT2D eigenvalue weighted by molar-refractivity contribution is 6.35. The van der Waals surface area contributed by atoms with E-state index in [1.165, 1.54) is 6.33 Å². The molecule has 0 aliphatic carbocycles. The van der Waals surface area contributed by atoms with Crippen molar-refractivity contribution in [1.29, 1.82) is 0 Å². The molecule has 0 radical (unpaired) electrons. The van der Waals surface area contributed by atoms with Gasteiger partial charge in [0.25, 0.3) is 0 Å². The highest BCUT2D eigenvalue weighted by Crippen LogP contribution is 2.31. The zero-order chi connectivity index (χ0) is 17.7. The maximum atomic E-state index is 11.3. The van der Waals surface area contributed by atoms with Gasteiger partial charge in [-0.2, -0.15) is 5.10 Å². The van der Waals surface area contributed by atoms with Crippen LogP contribution >= 0.6 is 23.2 Å². The lowest BCUT2D eigenvalue weighted by atomic mass is 9.93. The Kier molecular flexibility index (Phi) is 5.71. The molecule has 130 valence electrons. The zero-order valence-electron chi connectivity index (χ0n) is 13.4. The lowest BCUT2D eigenvalue weighted by Crippen LogP contribution is -2.42. The molecule has 1 heterocycles. The van der Waals surface area contributed by atoms with E-state index < -0.39 is 5.60 Å². The van der Waals surface area contributed by atoms with E-state index in [2.05, 4.69) is 15.4 Å². The van der Waals surface area contributed by atoms with Crippen LogP contribution in [0, 0.1) is 0 Å². The molecular formula is C18H18Cl2N4O. The molecule has 0 spiro atoms. The third-order valence-electron chi connectivity index (χ3n) is 3.91. The van der Waals surface area contributed by atoms with Crippen LogP contribution in [0.4, 0.5) is 0 Å². The SMILES string of the molecule is OC(CNCc1ccccc1)(Cn1cncn1)c1ccc(Cl)cc1Cl. The maximum Gasteiger partial charge on any atom is 0.137 e. The first kappa shape index (κ1) is 17.9. The summed E-state index contributed by atoms with van der Waals surface area (Å²) in [6.45, 7) is 1.14. The van der Waals surface area contributed by atoms with Crippen LogP contribution in [0.3, 0.4) is 0 Å². The summed E-state index contributed by atoms with van der Waals surface area (Å²) in [7, 11) is 0. The number of halogens is 2. The lowest BCUT2D eigenvalue weighted by molar-refractivity contribution is 0.0152. The quantitative estimate of drug-likeness (QED) is 0.664. The van der Waals surface area contributed by atoms with Gasteiger partial charge in [-0.15, -0.1) is 0 Å². The molecule has 1 atom stereocenters. The predicted molar refractivity (Wildman–Crippen MR) is 98.5 cm³/mol. The monoisotopic (exact) mass is 376 g/mol. The van der Waals surface area contributed by atoms with Crippen molar-refractivity contribution in [3.63, 3.8) is 0 Å². The number of aromatic nitrogens is 3. The molecule has 0 fully saturated rings. The fourth-order valence-electron chi connectivity index (χ4n) is 2.70. The maximum absolute atomic E-state index is 11.3. The second-order valence-electron chi connectivity index (χ2n) is 5.84. The van der Waals surface area contributed by atoms with Crippen LogP contribution in [0.2, 0.25) is 10.0 Å². The van der Waals surface area contributed by atoms with Gasteiger partial charge in [-0.3, -0.25) is 0 Å². The Morgan fingerprint density at radius 1 is 1.12 bits per heavy atom. The van der Waals surface area contributed by atoms with Gasteiger partial charge in [-0.25, -0.2) is 9.67 Å². The molecule has 0 aliphatic rings. The Hall–Kier alpha value is -1.92. The molecule has 2 N–H and O–H groups in total. The smallest absolute Gasteiger partial charge is 0.137 e. The molecule has 25 heavy (non-hydrogen) atoms. The Morgan fingerprint density at radius 2 is 1.92 bits per heavy atom.